The van der Waals surface area contributed by atoms with E-state index in [0.717, 1.165) is 19.3 Å². The number of likely N-dealkylation sites (tertiary alicyclic amines) is 1. The first kappa shape index (κ1) is 26.4. The molecule has 0 radical (unpaired) electrons. The maximum Gasteiger partial charge on any atom is 0.323 e. The third-order valence-corrected chi connectivity index (χ3v) is 5.98. The lowest BCUT2D eigenvalue weighted by Gasteiger charge is -2.29. The van der Waals surface area contributed by atoms with E-state index in [0.29, 0.717) is 32.4 Å². The van der Waals surface area contributed by atoms with E-state index in [-0.39, 0.29) is 18.4 Å². The minimum absolute atomic E-state index is 0.0496. The molecular formula is C24H44N2O4. The fourth-order valence-electron chi connectivity index (χ4n) is 4.32. The van der Waals surface area contributed by atoms with Gasteiger partial charge < -0.3 is 14.9 Å². The first-order valence-corrected chi connectivity index (χ1v) is 12.3. The van der Waals surface area contributed by atoms with Gasteiger partial charge in [-0.3, -0.25) is 14.4 Å². The average molecular weight is 425 g/mol. The number of amides is 2. The lowest BCUT2D eigenvalue weighted by Crippen LogP contribution is -2.49. The molecule has 0 unspecified atom stereocenters. The molecule has 30 heavy (non-hydrogen) atoms. The minimum atomic E-state index is -1.01. The number of hydrogen-bond donors (Lipinski definition) is 1. The largest absolute Gasteiger partial charge is 0.480 e. The van der Waals surface area contributed by atoms with Gasteiger partial charge in [0.15, 0.2) is 0 Å². The summed E-state index contributed by atoms with van der Waals surface area (Å²) in [6, 6.07) is -0.476. The van der Waals surface area contributed by atoms with Gasteiger partial charge in [-0.25, -0.2) is 0 Å². The first-order valence-electron chi connectivity index (χ1n) is 12.3. The van der Waals surface area contributed by atoms with Crippen molar-refractivity contribution in [3.05, 3.63) is 0 Å². The lowest BCUT2D eigenvalue weighted by molar-refractivity contribution is -0.149. The molecular weight excluding hydrogens is 380 g/mol. The van der Waals surface area contributed by atoms with Crippen molar-refractivity contribution in [1.82, 2.24) is 9.80 Å². The molecule has 0 aromatic rings. The zero-order valence-corrected chi connectivity index (χ0v) is 19.4. The molecule has 0 saturated carbocycles. The molecule has 1 fully saturated rings. The molecule has 1 N–H and O–H groups in total. The highest BCUT2D eigenvalue weighted by Gasteiger charge is 2.36. The molecule has 0 aromatic carbocycles. The van der Waals surface area contributed by atoms with E-state index in [1.807, 2.05) is 6.92 Å². The Labute approximate surface area is 183 Å². The second-order valence-electron chi connectivity index (χ2n) is 8.68. The van der Waals surface area contributed by atoms with Gasteiger partial charge in [-0.2, -0.15) is 0 Å². The topological polar surface area (TPSA) is 77.9 Å². The predicted octanol–water partition coefficient (Wildman–Crippen LogP) is 5.00. The monoisotopic (exact) mass is 424 g/mol. The Kier molecular flexibility index (Phi) is 14.2. The quantitative estimate of drug-likeness (QED) is 0.333. The number of hydrogen-bond acceptors (Lipinski definition) is 3. The highest BCUT2D eigenvalue weighted by Crippen LogP contribution is 2.22. The number of aliphatic carboxylic acids is 1. The fraction of sp³-hybridized carbons (Fsp3) is 0.875. The van der Waals surface area contributed by atoms with Crippen LogP contribution in [-0.4, -0.2) is 58.4 Å². The number of nitrogens with zero attached hydrogens (tertiary/aromatic N) is 2. The van der Waals surface area contributed by atoms with Crippen molar-refractivity contribution in [2.45, 2.75) is 116 Å². The molecule has 174 valence electrons. The normalized spacial score (nSPS) is 16.1. The molecule has 0 aliphatic carbocycles. The Morgan fingerprint density at radius 3 is 1.97 bits per heavy atom. The summed E-state index contributed by atoms with van der Waals surface area (Å²) >= 11 is 0. The number of carbonyl (C=O) groups is 3. The number of rotatable bonds is 17. The van der Waals surface area contributed by atoms with Crippen molar-refractivity contribution in [3.63, 3.8) is 0 Å². The highest BCUT2D eigenvalue weighted by molar-refractivity contribution is 5.90. The number of unbranched alkanes of at least 4 members (excludes halogenated alkanes) is 10. The van der Waals surface area contributed by atoms with E-state index in [2.05, 4.69) is 6.92 Å². The van der Waals surface area contributed by atoms with Crippen molar-refractivity contribution in [1.29, 1.82) is 0 Å². The lowest BCUT2D eigenvalue weighted by atomic mass is 10.0. The van der Waals surface area contributed by atoms with Crippen molar-refractivity contribution in [2.24, 2.45) is 0 Å². The number of carboxylic acids is 1. The molecule has 6 heteroatoms. The maximum absolute atomic E-state index is 12.8. The summed E-state index contributed by atoms with van der Waals surface area (Å²) in [6.07, 6.45) is 16.4. The third-order valence-electron chi connectivity index (χ3n) is 5.98. The molecule has 0 spiro atoms. The first-order chi connectivity index (χ1) is 14.5. The van der Waals surface area contributed by atoms with Crippen LogP contribution in [0, 0.1) is 0 Å². The van der Waals surface area contributed by atoms with E-state index in [4.69, 9.17) is 5.11 Å². The van der Waals surface area contributed by atoms with Gasteiger partial charge in [0.2, 0.25) is 11.8 Å². The summed E-state index contributed by atoms with van der Waals surface area (Å²) in [4.78, 5) is 39.6. The fourth-order valence-corrected chi connectivity index (χ4v) is 4.32. The van der Waals surface area contributed by atoms with Crippen LogP contribution in [0.5, 0.6) is 0 Å². The molecule has 1 saturated heterocycles. The van der Waals surface area contributed by atoms with Crippen LogP contribution < -0.4 is 0 Å². The molecule has 0 bridgehead atoms. The summed E-state index contributed by atoms with van der Waals surface area (Å²) in [5.41, 5.74) is 0. The second-order valence-corrected chi connectivity index (χ2v) is 8.68. The van der Waals surface area contributed by atoms with Gasteiger partial charge in [-0.05, 0) is 25.7 Å². The molecule has 1 aliphatic heterocycles. The van der Waals surface area contributed by atoms with E-state index in [1.54, 1.807) is 4.90 Å². The number of carbonyl (C=O) groups excluding carboxylic acids is 2. The van der Waals surface area contributed by atoms with Gasteiger partial charge in [0, 0.05) is 19.5 Å². The van der Waals surface area contributed by atoms with E-state index >= 15 is 0 Å². The summed E-state index contributed by atoms with van der Waals surface area (Å²) < 4.78 is 0. The van der Waals surface area contributed by atoms with Gasteiger partial charge in [0.25, 0.3) is 0 Å². The van der Waals surface area contributed by atoms with Crippen molar-refractivity contribution in [3.8, 4) is 0 Å². The van der Waals surface area contributed by atoms with E-state index in [9.17, 15) is 14.4 Å². The maximum atomic E-state index is 12.8. The summed E-state index contributed by atoms with van der Waals surface area (Å²) in [6.45, 7) is 4.91. The van der Waals surface area contributed by atoms with Crippen LogP contribution in [-0.2, 0) is 14.4 Å². The minimum Gasteiger partial charge on any atom is -0.480 e. The Hall–Kier alpha value is -1.59. The molecule has 0 aromatic heterocycles. The van der Waals surface area contributed by atoms with Crippen LogP contribution in [0.2, 0.25) is 0 Å². The third kappa shape index (κ3) is 10.4. The molecule has 2 amide bonds. The molecule has 1 atom stereocenters. The van der Waals surface area contributed by atoms with Gasteiger partial charge in [0.05, 0.1) is 0 Å². The number of carboxylic acid groups (broad SMARTS) is 1. The Morgan fingerprint density at radius 1 is 0.867 bits per heavy atom. The van der Waals surface area contributed by atoms with Gasteiger partial charge in [0.1, 0.15) is 12.6 Å². The summed E-state index contributed by atoms with van der Waals surface area (Å²) in [5.74, 6) is -1.16. The van der Waals surface area contributed by atoms with Crippen LogP contribution in [0.4, 0.5) is 0 Å². The molecule has 1 heterocycles. The summed E-state index contributed by atoms with van der Waals surface area (Å²) in [7, 11) is 0. The van der Waals surface area contributed by atoms with Gasteiger partial charge >= 0.3 is 5.97 Å². The van der Waals surface area contributed by atoms with Crippen molar-refractivity contribution < 1.29 is 19.5 Å². The average Bonchev–Trinajstić information content (AvgIpc) is 3.20. The van der Waals surface area contributed by atoms with Gasteiger partial charge in [-0.1, -0.05) is 78.1 Å². The Morgan fingerprint density at radius 2 is 1.43 bits per heavy atom. The molecule has 1 rings (SSSR count). The van der Waals surface area contributed by atoms with E-state index in [1.165, 1.54) is 62.7 Å². The zero-order valence-electron chi connectivity index (χ0n) is 19.4. The highest BCUT2D eigenvalue weighted by atomic mass is 16.4. The molecule has 6 nitrogen and oxygen atoms in total. The Bertz CT molecular complexity index is 509. The van der Waals surface area contributed by atoms with Crippen molar-refractivity contribution in [2.75, 3.05) is 19.6 Å². The van der Waals surface area contributed by atoms with Crippen LogP contribution in [0.25, 0.3) is 0 Å². The Balaban J connectivity index is 2.25. The van der Waals surface area contributed by atoms with Crippen LogP contribution in [0.15, 0.2) is 0 Å². The SMILES string of the molecule is CCCCCCCCCCCCCC(=O)N1CCC[C@H]1C(=O)N(CCC)CC(=O)O. The molecule has 1 aliphatic rings. The van der Waals surface area contributed by atoms with Crippen LogP contribution in [0.1, 0.15) is 110 Å². The van der Waals surface area contributed by atoms with Crippen LogP contribution in [0.3, 0.4) is 0 Å². The summed E-state index contributed by atoms with van der Waals surface area (Å²) in [5, 5.41) is 9.07. The second kappa shape index (κ2) is 16.1. The van der Waals surface area contributed by atoms with Crippen molar-refractivity contribution >= 4 is 17.8 Å². The van der Waals surface area contributed by atoms with E-state index < -0.39 is 12.0 Å². The predicted molar refractivity (Wildman–Crippen MR) is 120 cm³/mol. The smallest absolute Gasteiger partial charge is 0.323 e. The standard InChI is InChI=1S/C24H44N2O4/c1-3-5-6-7-8-9-10-11-12-13-14-17-22(27)26-19-15-16-21(26)24(30)25(18-4-2)20-23(28)29/h21H,3-20H2,1-2H3,(H,28,29)/t21-/m0/s1. The zero-order chi connectivity index (χ0) is 22.2. The van der Waals surface area contributed by atoms with Crippen LogP contribution >= 0.6 is 0 Å². The van der Waals surface area contributed by atoms with Gasteiger partial charge in [-0.15, -0.1) is 0 Å².